The van der Waals surface area contributed by atoms with E-state index < -0.39 is 5.97 Å². The molecule has 0 N–H and O–H groups in total. The summed E-state index contributed by atoms with van der Waals surface area (Å²) in [5.41, 5.74) is 1.42. The quantitative estimate of drug-likeness (QED) is 0.457. The Morgan fingerprint density at radius 1 is 1.47 bits per heavy atom. The number of esters is 1. The molecular weight excluding hydrogens is 242 g/mol. The van der Waals surface area contributed by atoms with Gasteiger partial charge >= 0.3 is 5.97 Å². The molecule has 0 aliphatic carbocycles. The third-order valence-corrected chi connectivity index (χ3v) is 2.70. The molecule has 1 heterocycles. The highest BCUT2D eigenvalue weighted by Crippen LogP contribution is 2.22. The van der Waals surface area contributed by atoms with Crippen LogP contribution in [0.25, 0.3) is 11.1 Å². The maximum absolute atomic E-state index is 11.1. The molecule has 5 nitrogen and oxygen atoms in total. The van der Waals surface area contributed by atoms with Crippen LogP contribution in [-0.2, 0) is 14.3 Å². The minimum atomic E-state index is -0.468. The second-order valence-electron chi connectivity index (χ2n) is 3.09. The summed E-state index contributed by atoms with van der Waals surface area (Å²) in [6, 6.07) is 7.34. The van der Waals surface area contributed by atoms with Crippen molar-refractivity contribution in [2.45, 2.75) is 5.22 Å². The van der Waals surface area contributed by atoms with Crippen LogP contribution in [0.4, 0.5) is 0 Å². The summed E-state index contributed by atoms with van der Waals surface area (Å²) in [5, 5.41) is 0.411. The Bertz CT molecular complexity index is 504. The Morgan fingerprint density at radius 3 is 3.06 bits per heavy atom. The molecule has 2 rings (SSSR count). The number of carbonyl (C=O) groups is 2. The number of hydrogen-bond donors (Lipinski definition) is 0. The van der Waals surface area contributed by atoms with Crippen molar-refractivity contribution in [3.05, 3.63) is 24.3 Å². The standard InChI is InChI=1S/C11H9NO4S/c13-5-6-15-10(14)7-17-11-12-8-3-1-2-4-9(8)16-11/h1-5H,6-7H2. The third-order valence-electron chi connectivity index (χ3n) is 1.90. The zero-order valence-electron chi connectivity index (χ0n) is 8.79. The predicted molar refractivity (Wildman–Crippen MR) is 61.8 cm³/mol. The van der Waals surface area contributed by atoms with Crippen molar-refractivity contribution >= 4 is 35.1 Å². The van der Waals surface area contributed by atoms with Gasteiger partial charge in [-0.1, -0.05) is 23.9 Å². The smallest absolute Gasteiger partial charge is 0.316 e. The molecule has 0 atom stereocenters. The summed E-state index contributed by atoms with van der Waals surface area (Å²) >= 11 is 1.14. The molecule has 0 saturated heterocycles. The maximum atomic E-state index is 11.1. The number of rotatable bonds is 5. The average Bonchev–Trinajstić information content (AvgIpc) is 2.76. The van der Waals surface area contributed by atoms with Crippen LogP contribution in [0.5, 0.6) is 0 Å². The van der Waals surface area contributed by atoms with Crippen LogP contribution in [0.3, 0.4) is 0 Å². The molecule has 0 spiro atoms. The van der Waals surface area contributed by atoms with E-state index in [0.29, 0.717) is 17.1 Å². The Hall–Kier alpha value is -1.82. The third kappa shape index (κ3) is 3.07. The lowest BCUT2D eigenvalue weighted by Crippen LogP contribution is -2.08. The minimum Gasteiger partial charge on any atom is -0.457 e. The second kappa shape index (κ2) is 5.49. The van der Waals surface area contributed by atoms with Gasteiger partial charge in [-0.05, 0) is 12.1 Å². The highest BCUT2D eigenvalue weighted by molar-refractivity contribution is 7.99. The first kappa shape index (κ1) is 11.7. The number of oxazole rings is 1. The number of para-hydroxylation sites is 2. The molecule has 88 valence electrons. The van der Waals surface area contributed by atoms with Crippen LogP contribution >= 0.6 is 11.8 Å². The summed E-state index contributed by atoms with van der Waals surface area (Å²) in [6.07, 6.45) is 0.530. The highest BCUT2D eigenvalue weighted by atomic mass is 32.2. The van der Waals surface area contributed by atoms with E-state index in [1.807, 2.05) is 18.2 Å². The molecule has 0 amide bonds. The SMILES string of the molecule is O=CCOC(=O)CSc1nc2ccccc2o1. The zero-order valence-corrected chi connectivity index (χ0v) is 9.61. The summed E-state index contributed by atoms with van der Waals surface area (Å²) in [6.45, 7) is -0.215. The van der Waals surface area contributed by atoms with E-state index in [4.69, 9.17) is 4.42 Å². The van der Waals surface area contributed by atoms with Crippen LogP contribution in [0.1, 0.15) is 0 Å². The summed E-state index contributed by atoms with van der Waals surface area (Å²) in [5.74, 6) is -0.398. The maximum Gasteiger partial charge on any atom is 0.316 e. The molecule has 1 aromatic carbocycles. The number of nitrogens with zero attached hydrogens (tertiary/aromatic N) is 1. The predicted octanol–water partition coefficient (Wildman–Crippen LogP) is 1.66. The fourth-order valence-electron chi connectivity index (χ4n) is 1.20. The van der Waals surface area contributed by atoms with Crippen molar-refractivity contribution < 1.29 is 18.7 Å². The molecule has 0 aliphatic rings. The van der Waals surface area contributed by atoms with Gasteiger partial charge in [0, 0.05) is 0 Å². The normalized spacial score (nSPS) is 10.4. The Labute approximate surface area is 101 Å². The molecule has 0 unspecified atom stereocenters. The molecule has 1 aromatic heterocycles. The van der Waals surface area contributed by atoms with E-state index in [9.17, 15) is 9.59 Å². The van der Waals surface area contributed by atoms with Crippen LogP contribution in [0.15, 0.2) is 33.9 Å². The van der Waals surface area contributed by atoms with Crippen molar-refractivity contribution in [2.24, 2.45) is 0 Å². The van der Waals surface area contributed by atoms with Gasteiger partial charge in [-0.25, -0.2) is 4.98 Å². The lowest BCUT2D eigenvalue weighted by molar-refractivity contribution is -0.142. The van der Waals surface area contributed by atoms with E-state index in [2.05, 4.69) is 9.72 Å². The monoisotopic (exact) mass is 251 g/mol. The van der Waals surface area contributed by atoms with Gasteiger partial charge in [-0.15, -0.1) is 0 Å². The molecule has 0 fully saturated rings. The van der Waals surface area contributed by atoms with Gasteiger partial charge in [0.05, 0.1) is 0 Å². The largest absolute Gasteiger partial charge is 0.457 e. The topological polar surface area (TPSA) is 69.4 Å². The Balaban J connectivity index is 1.94. The Kier molecular flexibility index (Phi) is 3.77. The van der Waals surface area contributed by atoms with Crippen LogP contribution in [0.2, 0.25) is 0 Å². The number of aromatic nitrogens is 1. The molecule has 0 radical (unpaired) electrons. The van der Waals surface area contributed by atoms with Gasteiger partial charge in [0.2, 0.25) is 0 Å². The highest BCUT2D eigenvalue weighted by Gasteiger charge is 2.09. The van der Waals surface area contributed by atoms with Gasteiger partial charge in [0.25, 0.3) is 5.22 Å². The van der Waals surface area contributed by atoms with Crippen molar-refractivity contribution in [1.29, 1.82) is 0 Å². The fraction of sp³-hybridized carbons (Fsp3) is 0.182. The second-order valence-corrected chi connectivity index (χ2v) is 4.01. The van der Waals surface area contributed by atoms with Crippen molar-refractivity contribution in [3.8, 4) is 0 Å². The number of benzene rings is 1. The van der Waals surface area contributed by atoms with Crippen LogP contribution < -0.4 is 0 Å². The van der Waals surface area contributed by atoms with E-state index in [1.165, 1.54) is 0 Å². The molecule has 6 heteroatoms. The lowest BCUT2D eigenvalue weighted by atomic mass is 10.3. The number of carbonyl (C=O) groups excluding carboxylic acids is 2. The number of ether oxygens (including phenoxy) is 1. The molecule has 17 heavy (non-hydrogen) atoms. The Morgan fingerprint density at radius 2 is 2.29 bits per heavy atom. The summed E-state index contributed by atoms with van der Waals surface area (Å²) in [7, 11) is 0. The van der Waals surface area contributed by atoms with Crippen LogP contribution in [0, 0.1) is 0 Å². The van der Waals surface area contributed by atoms with Gasteiger partial charge < -0.3 is 9.15 Å². The fourth-order valence-corrected chi connectivity index (χ4v) is 1.84. The van der Waals surface area contributed by atoms with E-state index in [0.717, 1.165) is 17.3 Å². The van der Waals surface area contributed by atoms with Crippen molar-refractivity contribution in [1.82, 2.24) is 4.98 Å². The average molecular weight is 251 g/mol. The molecule has 0 saturated carbocycles. The van der Waals surface area contributed by atoms with Gasteiger partial charge in [0.1, 0.15) is 17.9 Å². The van der Waals surface area contributed by atoms with Crippen LogP contribution in [-0.4, -0.2) is 29.6 Å². The first-order valence-electron chi connectivity index (χ1n) is 4.87. The van der Waals surface area contributed by atoms with Gasteiger partial charge in [0.15, 0.2) is 11.9 Å². The lowest BCUT2D eigenvalue weighted by Gasteiger charge is -1.97. The number of fused-ring (bicyclic) bond motifs is 1. The number of aldehydes is 1. The number of hydrogen-bond acceptors (Lipinski definition) is 6. The first-order valence-corrected chi connectivity index (χ1v) is 5.86. The summed E-state index contributed by atoms with van der Waals surface area (Å²) in [4.78, 5) is 25.3. The summed E-state index contributed by atoms with van der Waals surface area (Å²) < 4.78 is 9.99. The van der Waals surface area contributed by atoms with E-state index in [1.54, 1.807) is 6.07 Å². The minimum absolute atomic E-state index is 0.0701. The van der Waals surface area contributed by atoms with E-state index >= 15 is 0 Å². The molecule has 0 bridgehead atoms. The first-order chi connectivity index (χ1) is 8.29. The van der Waals surface area contributed by atoms with E-state index in [-0.39, 0.29) is 12.4 Å². The molecule has 0 aliphatic heterocycles. The molecule has 2 aromatic rings. The zero-order chi connectivity index (χ0) is 12.1. The van der Waals surface area contributed by atoms with Crippen molar-refractivity contribution in [3.63, 3.8) is 0 Å². The van der Waals surface area contributed by atoms with Gasteiger partial charge in [-0.3, -0.25) is 9.59 Å². The van der Waals surface area contributed by atoms with Gasteiger partial charge in [-0.2, -0.15) is 0 Å². The number of thioether (sulfide) groups is 1. The molecular formula is C11H9NO4S. The van der Waals surface area contributed by atoms with Crippen molar-refractivity contribution in [2.75, 3.05) is 12.4 Å².